The third-order valence-corrected chi connectivity index (χ3v) is 5.13. The summed E-state index contributed by atoms with van der Waals surface area (Å²) in [4.78, 5) is 4.21. The third-order valence-electron chi connectivity index (χ3n) is 4.29. The number of benzene rings is 1. The Balaban J connectivity index is 1.49. The minimum Gasteiger partial charge on any atom is -0.356 e. The SMILES string of the molecule is CN=C(NCCc1ccn(-c2ccc(F)cc2)n1)NCc1cc(Cl)c(Cl)n1C. The Labute approximate surface area is 173 Å². The van der Waals surface area contributed by atoms with E-state index in [-0.39, 0.29) is 5.82 Å². The van der Waals surface area contributed by atoms with Crippen molar-refractivity contribution < 1.29 is 4.39 Å². The Hall–Kier alpha value is -2.51. The molecule has 3 rings (SSSR count). The van der Waals surface area contributed by atoms with E-state index >= 15 is 0 Å². The Morgan fingerprint density at radius 1 is 1.18 bits per heavy atom. The molecule has 0 aliphatic heterocycles. The van der Waals surface area contributed by atoms with Crippen LogP contribution >= 0.6 is 23.2 Å². The average molecular weight is 423 g/mol. The third kappa shape index (κ3) is 4.85. The Morgan fingerprint density at radius 3 is 2.57 bits per heavy atom. The van der Waals surface area contributed by atoms with Crippen molar-refractivity contribution in [2.45, 2.75) is 13.0 Å². The van der Waals surface area contributed by atoms with Crippen LogP contribution < -0.4 is 10.6 Å². The van der Waals surface area contributed by atoms with Crippen LogP contribution in [0.15, 0.2) is 47.6 Å². The molecule has 1 aromatic carbocycles. The van der Waals surface area contributed by atoms with Crippen LogP contribution in [-0.2, 0) is 20.0 Å². The molecule has 0 spiro atoms. The molecule has 0 bridgehead atoms. The standard InChI is InChI=1S/C19H21Cl2FN6/c1-23-19(25-12-16-11-17(20)18(21)27(16)2)24-9-7-14-8-10-28(26-14)15-5-3-13(22)4-6-15/h3-6,8,10-11H,7,9,12H2,1-2H3,(H2,23,24,25). The van der Waals surface area contributed by atoms with Crippen LogP contribution in [0.5, 0.6) is 0 Å². The van der Waals surface area contributed by atoms with Crippen molar-refractivity contribution in [1.82, 2.24) is 25.0 Å². The van der Waals surface area contributed by atoms with Crippen molar-refractivity contribution in [2.75, 3.05) is 13.6 Å². The minimum absolute atomic E-state index is 0.265. The first-order chi connectivity index (χ1) is 13.5. The highest BCUT2D eigenvalue weighted by Gasteiger charge is 2.09. The van der Waals surface area contributed by atoms with Crippen molar-refractivity contribution in [3.63, 3.8) is 0 Å². The molecule has 9 heteroatoms. The van der Waals surface area contributed by atoms with Gasteiger partial charge in [-0.1, -0.05) is 23.2 Å². The predicted octanol–water partition coefficient (Wildman–Crippen LogP) is 3.56. The van der Waals surface area contributed by atoms with E-state index < -0.39 is 0 Å². The van der Waals surface area contributed by atoms with Gasteiger partial charge in [0.05, 0.1) is 22.9 Å². The zero-order chi connectivity index (χ0) is 20.1. The molecule has 28 heavy (non-hydrogen) atoms. The molecule has 2 N–H and O–H groups in total. The number of rotatable bonds is 6. The first kappa shape index (κ1) is 20.2. The number of guanidine groups is 1. The van der Waals surface area contributed by atoms with Crippen molar-refractivity contribution in [1.29, 1.82) is 0 Å². The van der Waals surface area contributed by atoms with E-state index in [1.807, 2.05) is 29.9 Å². The molecule has 0 atom stereocenters. The van der Waals surface area contributed by atoms with Crippen LogP contribution in [0.2, 0.25) is 10.2 Å². The van der Waals surface area contributed by atoms with Crippen molar-refractivity contribution in [2.24, 2.45) is 12.0 Å². The fraction of sp³-hybridized carbons (Fsp3) is 0.263. The lowest BCUT2D eigenvalue weighted by Crippen LogP contribution is -2.38. The maximum absolute atomic E-state index is 13.0. The summed E-state index contributed by atoms with van der Waals surface area (Å²) in [6.07, 6.45) is 2.58. The predicted molar refractivity (Wildman–Crippen MR) is 111 cm³/mol. The molecule has 0 unspecified atom stereocenters. The van der Waals surface area contributed by atoms with E-state index in [0.29, 0.717) is 29.2 Å². The fourth-order valence-electron chi connectivity index (χ4n) is 2.70. The van der Waals surface area contributed by atoms with Gasteiger partial charge in [-0.25, -0.2) is 9.07 Å². The molecule has 0 saturated carbocycles. The van der Waals surface area contributed by atoms with Gasteiger partial charge in [-0.3, -0.25) is 4.99 Å². The molecule has 2 aromatic heterocycles. The number of aromatic nitrogens is 3. The first-order valence-corrected chi connectivity index (χ1v) is 9.48. The largest absolute Gasteiger partial charge is 0.356 e. The highest BCUT2D eigenvalue weighted by molar-refractivity contribution is 6.41. The molecule has 2 heterocycles. The lowest BCUT2D eigenvalue weighted by molar-refractivity contribution is 0.627. The number of halogens is 3. The Kier molecular flexibility index (Phi) is 6.59. The van der Waals surface area contributed by atoms with Gasteiger partial charge in [0.25, 0.3) is 0 Å². The van der Waals surface area contributed by atoms with Gasteiger partial charge in [-0.2, -0.15) is 5.10 Å². The molecule has 0 radical (unpaired) electrons. The van der Waals surface area contributed by atoms with Crippen LogP contribution in [0.4, 0.5) is 4.39 Å². The van der Waals surface area contributed by atoms with E-state index in [0.717, 1.165) is 23.5 Å². The number of aliphatic imine (C=N–C) groups is 1. The molecule has 6 nitrogen and oxygen atoms in total. The molecule has 0 fully saturated rings. The van der Waals surface area contributed by atoms with Gasteiger partial charge < -0.3 is 15.2 Å². The maximum Gasteiger partial charge on any atom is 0.191 e. The number of hydrogen-bond donors (Lipinski definition) is 2. The van der Waals surface area contributed by atoms with Gasteiger partial charge in [0.15, 0.2) is 5.96 Å². The van der Waals surface area contributed by atoms with Crippen LogP contribution in [0.25, 0.3) is 5.69 Å². The zero-order valence-electron chi connectivity index (χ0n) is 15.6. The summed E-state index contributed by atoms with van der Waals surface area (Å²) >= 11 is 12.1. The monoisotopic (exact) mass is 422 g/mol. The van der Waals surface area contributed by atoms with E-state index in [1.165, 1.54) is 12.1 Å². The second kappa shape index (κ2) is 9.12. The molecule has 0 amide bonds. The van der Waals surface area contributed by atoms with Gasteiger partial charge in [0.1, 0.15) is 11.0 Å². The topological polar surface area (TPSA) is 59.2 Å². The fourth-order valence-corrected chi connectivity index (χ4v) is 3.11. The second-order valence-electron chi connectivity index (χ2n) is 6.16. The molecular formula is C19H21Cl2FN6. The Morgan fingerprint density at radius 2 is 1.93 bits per heavy atom. The van der Waals surface area contributed by atoms with Crippen molar-refractivity contribution in [3.05, 3.63) is 70.0 Å². The quantitative estimate of drug-likeness (QED) is 0.471. The van der Waals surface area contributed by atoms with Crippen molar-refractivity contribution >= 4 is 29.2 Å². The lowest BCUT2D eigenvalue weighted by atomic mass is 10.3. The van der Waals surface area contributed by atoms with Crippen molar-refractivity contribution in [3.8, 4) is 5.69 Å². The summed E-state index contributed by atoms with van der Waals surface area (Å²) in [5.74, 6) is 0.408. The molecule has 0 aliphatic rings. The van der Waals surface area contributed by atoms with Gasteiger partial charge >= 0.3 is 0 Å². The lowest BCUT2D eigenvalue weighted by Gasteiger charge is -2.12. The summed E-state index contributed by atoms with van der Waals surface area (Å²) in [5, 5.41) is 12.0. The smallest absolute Gasteiger partial charge is 0.191 e. The second-order valence-corrected chi connectivity index (χ2v) is 6.93. The van der Waals surface area contributed by atoms with Gasteiger partial charge in [-0.15, -0.1) is 0 Å². The average Bonchev–Trinajstić information content (AvgIpc) is 3.26. The highest BCUT2D eigenvalue weighted by Crippen LogP contribution is 2.24. The normalized spacial score (nSPS) is 11.7. The Bertz CT molecular complexity index is 961. The maximum atomic E-state index is 13.0. The van der Waals surface area contributed by atoms with Gasteiger partial charge in [0.2, 0.25) is 0 Å². The number of nitrogens with one attached hydrogen (secondary N) is 2. The van der Waals surface area contributed by atoms with Gasteiger partial charge in [-0.05, 0) is 36.4 Å². The van der Waals surface area contributed by atoms with Gasteiger partial charge in [0, 0.05) is 39.0 Å². The number of hydrogen-bond acceptors (Lipinski definition) is 2. The summed E-state index contributed by atoms with van der Waals surface area (Å²) in [6.45, 7) is 1.20. The summed E-state index contributed by atoms with van der Waals surface area (Å²) in [6, 6.07) is 9.99. The molecular weight excluding hydrogens is 402 g/mol. The van der Waals surface area contributed by atoms with E-state index in [2.05, 4.69) is 20.7 Å². The van der Waals surface area contributed by atoms with Crippen LogP contribution in [0.1, 0.15) is 11.4 Å². The minimum atomic E-state index is -0.265. The number of nitrogens with zero attached hydrogens (tertiary/aromatic N) is 4. The molecule has 0 saturated heterocycles. The summed E-state index contributed by atoms with van der Waals surface area (Å²) in [5.41, 5.74) is 2.70. The summed E-state index contributed by atoms with van der Waals surface area (Å²) < 4.78 is 16.6. The van der Waals surface area contributed by atoms with E-state index in [1.54, 1.807) is 23.9 Å². The molecule has 0 aliphatic carbocycles. The van der Waals surface area contributed by atoms with Crippen LogP contribution in [0.3, 0.4) is 0 Å². The zero-order valence-corrected chi connectivity index (χ0v) is 17.1. The highest BCUT2D eigenvalue weighted by atomic mass is 35.5. The van der Waals surface area contributed by atoms with Crippen LogP contribution in [0, 0.1) is 5.82 Å². The van der Waals surface area contributed by atoms with E-state index in [4.69, 9.17) is 23.2 Å². The van der Waals surface area contributed by atoms with E-state index in [9.17, 15) is 4.39 Å². The first-order valence-electron chi connectivity index (χ1n) is 8.72. The van der Waals surface area contributed by atoms with Crippen LogP contribution in [-0.4, -0.2) is 33.9 Å². The molecule has 148 valence electrons. The summed E-state index contributed by atoms with van der Waals surface area (Å²) in [7, 11) is 3.57. The molecule has 3 aromatic rings.